The lowest BCUT2D eigenvalue weighted by Crippen LogP contribution is -2.48. The van der Waals surface area contributed by atoms with Crippen LogP contribution >= 0.6 is 0 Å². The summed E-state index contributed by atoms with van der Waals surface area (Å²) in [5.74, 6) is 1.73. The van der Waals surface area contributed by atoms with Crippen molar-refractivity contribution in [2.75, 3.05) is 59.1 Å². The Kier molecular flexibility index (Phi) is 5.49. The van der Waals surface area contributed by atoms with Crippen molar-refractivity contribution in [3.05, 3.63) is 30.3 Å². The highest BCUT2D eigenvalue weighted by molar-refractivity contribution is 5.20. The van der Waals surface area contributed by atoms with Crippen LogP contribution in [-0.4, -0.2) is 68.9 Å². The predicted molar refractivity (Wildman–Crippen MR) is 83.7 cm³/mol. The summed E-state index contributed by atoms with van der Waals surface area (Å²) in [5.41, 5.74) is 0. The number of rotatable bonds is 6. The van der Waals surface area contributed by atoms with Crippen molar-refractivity contribution in [3.63, 3.8) is 0 Å². The lowest BCUT2D eigenvalue weighted by molar-refractivity contribution is 0.100. The molecule has 0 saturated carbocycles. The molecule has 1 aromatic rings. The van der Waals surface area contributed by atoms with Gasteiger partial charge in [0, 0.05) is 45.9 Å². The van der Waals surface area contributed by atoms with Gasteiger partial charge >= 0.3 is 0 Å². The van der Waals surface area contributed by atoms with E-state index in [-0.39, 0.29) is 0 Å². The number of para-hydroxylation sites is 1. The van der Waals surface area contributed by atoms with Gasteiger partial charge in [-0.25, -0.2) is 0 Å². The SMILES string of the molecule is c1ccc(OCCN2CCN(C[C@@H]3CCOC3)CC2)cc1. The lowest BCUT2D eigenvalue weighted by Gasteiger charge is -2.35. The summed E-state index contributed by atoms with van der Waals surface area (Å²) < 4.78 is 11.2. The van der Waals surface area contributed by atoms with Gasteiger partial charge in [-0.15, -0.1) is 0 Å². The number of hydrogen-bond acceptors (Lipinski definition) is 4. The van der Waals surface area contributed by atoms with Gasteiger partial charge in [-0.3, -0.25) is 4.90 Å². The van der Waals surface area contributed by atoms with E-state index in [4.69, 9.17) is 9.47 Å². The molecule has 0 amide bonds. The molecule has 1 atom stereocenters. The van der Waals surface area contributed by atoms with E-state index in [2.05, 4.69) is 9.80 Å². The van der Waals surface area contributed by atoms with E-state index in [1.807, 2.05) is 30.3 Å². The molecular formula is C17H26N2O2. The van der Waals surface area contributed by atoms with E-state index in [1.165, 1.54) is 26.1 Å². The van der Waals surface area contributed by atoms with Crippen LogP contribution in [0.3, 0.4) is 0 Å². The van der Waals surface area contributed by atoms with Gasteiger partial charge in [0.15, 0.2) is 0 Å². The topological polar surface area (TPSA) is 24.9 Å². The zero-order chi connectivity index (χ0) is 14.3. The van der Waals surface area contributed by atoms with Crippen LogP contribution in [0.4, 0.5) is 0 Å². The predicted octanol–water partition coefficient (Wildman–Crippen LogP) is 1.72. The Bertz CT molecular complexity index is 399. The van der Waals surface area contributed by atoms with Crippen LogP contribution < -0.4 is 4.74 Å². The fourth-order valence-corrected chi connectivity index (χ4v) is 3.10. The highest BCUT2D eigenvalue weighted by Gasteiger charge is 2.22. The Morgan fingerprint density at radius 1 is 1.05 bits per heavy atom. The van der Waals surface area contributed by atoms with E-state index in [1.54, 1.807) is 0 Å². The lowest BCUT2D eigenvalue weighted by atomic mass is 10.1. The summed E-state index contributed by atoms with van der Waals surface area (Å²) in [7, 11) is 0. The first-order valence-electron chi connectivity index (χ1n) is 8.10. The fourth-order valence-electron chi connectivity index (χ4n) is 3.10. The average Bonchev–Trinajstić information content (AvgIpc) is 3.03. The quantitative estimate of drug-likeness (QED) is 0.796. The molecule has 0 spiro atoms. The van der Waals surface area contributed by atoms with Gasteiger partial charge in [0.25, 0.3) is 0 Å². The Morgan fingerprint density at radius 3 is 2.52 bits per heavy atom. The van der Waals surface area contributed by atoms with Crippen molar-refractivity contribution in [2.45, 2.75) is 6.42 Å². The molecule has 116 valence electrons. The van der Waals surface area contributed by atoms with E-state index < -0.39 is 0 Å². The minimum absolute atomic E-state index is 0.762. The summed E-state index contributed by atoms with van der Waals surface area (Å²) in [6, 6.07) is 10.1. The second-order valence-electron chi connectivity index (χ2n) is 6.03. The van der Waals surface area contributed by atoms with Crippen molar-refractivity contribution in [2.24, 2.45) is 5.92 Å². The highest BCUT2D eigenvalue weighted by atomic mass is 16.5. The molecule has 2 saturated heterocycles. The normalized spacial score (nSPS) is 24.3. The van der Waals surface area contributed by atoms with Gasteiger partial charge in [0.2, 0.25) is 0 Å². The molecule has 0 bridgehead atoms. The molecule has 4 heteroatoms. The molecule has 21 heavy (non-hydrogen) atoms. The van der Waals surface area contributed by atoms with Crippen LogP contribution in [0.1, 0.15) is 6.42 Å². The second kappa shape index (κ2) is 7.78. The number of benzene rings is 1. The zero-order valence-electron chi connectivity index (χ0n) is 12.7. The standard InChI is InChI=1S/C17H26N2O2/c1-2-4-17(5-3-1)21-13-11-18-7-9-19(10-8-18)14-16-6-12-20-15-16/h1-5,16H,6-15H2/t16-/m0/s1. The van der Waals surface area contributed by atoms with Crippen molar-refractivity contribution in [1.29, 1.82) is 0 Å². The van der Waals surface area contributed by atoms with Crippen LogP contribution in [0.25, 0.3) is 0 Å². The second-order valence-corrected chi connectivity index (χ2v) is 6.03. The van der Waals surface area contributed by atoms with Crippen LogP contribution in [0.15, 0.2) is 30.3 Å². The van der Waals surface area contributed by atoms with Gasteiger partial charge in [-0.1, -0.05) is 18.2 Å². The third kappa shape index (κ3) is 4.70. The van der Waals surface area contributed by atoms with Crippen LogP contribution in [0, 0.1) is 5.92 Å². The minimum Gasteiger partial charge on any atom is -0.492 e. The molecule has 3 rings (SSSR count). The van der Waals surface area contributed by atoms with Crippen LogP contribution in [0.5, 0.6) is 5.75 Å². The molecule has 0 aromatic heterocycles. The van der Waals surface area contributed by atoms with Crippen LogP contribution in [0.2, 0.25) is 0 Å². The smallest absolute Gasteiger partial charge is 0.119 e. The zero-order valence-corrected chi connectivity index (χ0v) is 12.7. The number of hydrogen-bond donors (Lipinski definition) is 0. The van der Waals surface area contributed by atoms with Crippen molar-refractivity contribution in [1.82, 2.24) is 9.80 Å². The highest BCUT2D eigenvalue weighted by Crippen LogP contribution is 2.15. The first-order chi connectivity index (χ1) is 10.4. The van der Waals surface area contributed by atoms with Gasteiger partial charge in [0.05, 0.1) is 6.61 Å². The van der Waals surface area contributed by atoms with E-state index in [0.717, 1.165) is 51.1 Å². The molecular weight excluding hydrogens is 264 g/mol. The van der Waals surface area contributed by atoms with E-state index in [0.29, 0.717) is 0 Å². The Labute approximate surface area is 127 Å². The van der Waals surface area contributed by atoms with E-state index in [9.17, 15) is 0 Å². The summed E-state index contributed by atoms with van der Waals surface area (Å²) in [6.07, 6.45) is 1.24. The van der Waals surface area contributed by atoms with Crippen LogP contribution in [-0.2, 0) is 4.74 Å². The van der Waals surface area contributed by atoms with Gasteiger partial charge < -0.3 is 14.4 Å². The molecule has 2 aliphatic rings. The molecule has 0 unspecified atom stereocenters. The largest absolute Gasteiger partial charge is 0.492 e. The van der Waals surface area contributed by atoms with Crippen molar-refractivity contribution >= 4 is 0 Å². The third-order valence-corrected chi connectivity index (χ3v) is 4.42. The molecule has 0 radical (unpaired) electrons. The number of ether oxygens (including phenoxy) is 2. The molecule has 0 aliphatic carbocycles. The molecule has 0 N–H and O–H groups in total. The summed E-state index contributed by atoms with van der Waals surface area (Å²) in [5, 5.41) is 0. The molecule has 2 aliphatic heterocycles. The summed E-state index contributed by atoms with van der Waals surface area (Å²) in [4.78, 5) is 5.10. The van der Waals surface area contributed by atoms with Crippen molar-refractivity contribution in [3.8, 4) is 5.75 Å². The maximum absolute atomic E-state index is 5.77. The molecule has 4 nitrogen and oxygen atoms in total. The maximum atomic E-state index is 5.77. The molecule has 1 aromatic carbocycles. The first kappa shape index (κ1) is 14.8. The average molecular weight is 290 g/mol. The van der Waals surface area contributed by atoms with Gasteiger partial charge in [0.1, 0.15) is 12.4 Å². The minimum atomic E-state index is 0.762. The Hall–Kier alpha value is -1.10. The third-order valence-electron chi connectivity index (χ3n) is 4.42. The maximum Gasteiger partial charge on any atom is 0.119 e. The molecule has 2 heterocycles. The van der Waals surface area contributed by atoms with Gasteiger partial charge in [-0.2, -0.15) is 0 Å². The molecule has 2 fully saturated rings. The first-order valence-corrected chi connectivity index (χ1v) is 8.10. The summed E-state index contributed by atoms with van der Waals surface area (Å²) >= 11 is 0. The Morgan fingerprint density at radius 2 is 1.81 bits per heavy atom. The monoisotopic (exact) mass is 290 g/mol. The van der Waals surface area contributed by atoms with Gasteiger partial charge in [-0.05, 0) is 24.5 Å². The summed E-state index contributed by atoms with van der Waals surface area (Å²) in [6.45, 7) is 9.62. The van der Waals surface area contributed by atoms with E-state index >= 15 is 0 Å². The van der Waals surface area contributed by atoms with Crippen molar-refractivity contribution < 1.29 is 9.47 Å². The number of piperazine rings is 1. The Balaban J connectivity index is 1.30. The number of nitrogens with zero attached hydrogens (tertiary/aromatic N) is 2. The fraction of sp³-hybridized carbons (Fsp3) is 0.647.